The molecule has 1 aliphatic rings. The second-order valence-corrected chi connectivity index (χ2v) is 5.83. The van der Waals surface area contributed by atoms with Crippen LogP contribution in [-0.2, 0) is 4.79 Å². The fourth-order valence-electron chi connectivity index (χ4n) is 2.41. The lowest BCUT2D eigenvalue weighted by molar-refractivity contribution is -0.121. The minimum absolute atomic E-state index is 0.0354. The summed E-state index contributed by atoms with van der Waals surface area (Å²) in [6.07, 6.45) is 1.23. The largest absolute Gasteiger partial charge is 0.393 e. The number of carbonyl (C=O) groups excluding carboxylic acids is 1. The zero-order valence-electron chi connectivity index (χ0n) is 11.9. The molecule has 5 heteroatoms. The van der Waals surface area contributed by atoms with Gasteiger partial charge in [0, 0.05) is 23.8 Å². The second kappa shape index (κ2) is 6.57. The Balaban J connectivity index is 1.99. The van der Waals surface area contributed by atoms with Gasteiger partial charge < -0.3 is 10.4 Å². The van der Waals surface area contributed by atoms with Crippen molar-refractivity contribution in [3.8, 4) is 0 Å². The quantitative estimate of drug-likeness (QED) is 0.901. The molecule has 110 valence electrons. The van der Waals surface area contributed by atoms with E-state index in [4.69, 9.17) is 11.6 Å². The molecule has 1 saturated heterocycles. The molecule has 0 bridgehead atoms. The average molecular weight is 297 g/mol. The van der Waals surface area contributed by atoms with Crippen LogP contribution in [0.5, 0.6) is 0 Å². The van der Waals surface area contributed by atoms with Crippen LogP contribution >= 0.6 is 11.6 Å². The summed E-state index contributed by atoms with van der Waals surface area (Å²) in [7, 11) is 0. The van der Waals surface area contributed by atoms with Crippen LogP contribution in [0.2, 0.25) is 5.02 Å². The van der Waals surface area contributed by atoms with Crippen LogP contribution in [0.1, 0.15) is 25.3 Å². The number of carbonyl (C=O) groups is 1. The summed E-state index contributed by atoms with van der Waals surface area (Å²) in [5.74, 6) is -0.0354. The molecule has 1 aliphatic heterocycles. The van der Waals surface area contributed by atoms with Crippen LogP contribution in [0.15, 0.2) is 18.2 Å². The van der Waals surface area contributed by atoms with Crippen molar-refractivity contribution in [3.63, 3.8) is 0 Å². The first-order chi connectivity index (χ1) is 9.47. The molecule has 1 aromatic carbocycles. The summed E-state index contributed by atoms with van der Waals surface area (Å²) < 4.78 is 0. The predicted octanol–water partition coefficient (Wildman–Crippen LogP) is 2.43. The molecule has 2 N–H and O–H groups in total. The van der Waals surface area contributed by atoms with Crippen molar-refractivity contribution in [2.24, 2.45) is 0 Å². The van der Waals surface area contributed by atoms with Gasteiger partial charge in [-0.1, -0.05) is 17.7 Å². The molecule has 4 nitrogen and oxygen atoms in total. The third-order valence-corrected chi connectivity index (χ3v) is 4.12. The molecule has 1 aromatic rings. The van der Waals surface area contributed by atoms with E-state index >= 15 is 0 Å². The summed E-state index contributed by atoms with van der Waals surface area (Å²) in [5.41, 5.74) is 1.75. The molecule has 0 radical (unpaired) electrons. The minimum Gasteiger partial charge on any atom is -0.393 e. The number of amides is 1. The monoisotopic (exact) mass is 296 g/mol. The average Bonchev–Trinajstić information content (AvgIpc) is 2.43. The highest BCUT2D eigenvalue weighted by atomic mass is 35.5. The number of hydrogen-bond acceptors (Lipinski definition) is 3. The molecule has 0 saturated carbocycles. The summed E-state index contributed by atoms with van der Waals surface area (Å²) in [4.78, 5) is 14.4. The van der Waals surface area contributed by atoms with E-state index in [0.717, 1.165) is 37.2 Å². The van der Waals surface area contributed by atoms with Crippen molar-refractivity contribution in [3.05, 3.63) is 28.8 Å². The smallest absolute Gasteiger partial charge is 0.241 e. The topological polar surface area (TPSA) is 52.6 Å². The maximum Gasteiger partial charge on any atom is 0.241 e. The summed E-state index contributed by atoms with van der Waals surface area (Å²) >= 11 is 5.96. The number of rotatable bonds is 3. The summed E-state index contributed by atoms with van der Waals surface area (Å²) in [6, 6.07) is 5.25. The molecule has 2 rings (SSSR count). The van der Waals surface area contributed by atoms with Crippen LogP contribution in [0.4, 0.5) is 5.69 Å². The summed E-state index contributed by atoms with van der Waals surface area (Å²) in [6.45, 7) is 5.34. The number of aliphatic hydroxyl groups is 1. The van der Waals surface area contributed by atoms with E-state index in [1.54, 1.807) is 6.07 Å². The zero-order chi connectivity index (χ0) is 14.7. The molecule has 0 aromatic heterocycles. The van der Waals surface area contributed by atoms with Gasteiger partial charge in [0.1, 0.15) is 0 Å². The molecular formula is C15H21ClN2O2. The number of halogens is 1. The normalized spacial score (nSPS) is 18.8. The lowest BCUT2D eigenvalue weighted by Gasteiger charge is -2.33. The molecule has 1 amide bonds. The van der Waals surface area contributed by atoms with E-state index in [-0.39, 0.29) is 18.1 Å². The molecule has 20 heavy (non-hydrogen) atoms. The van der Waals surface area contributed by atoms with Crippen LogP contribution in [0, 0.1) is 6.92 Å². The number of likely N-dealkylation sites (tertiary alicyclic amines) is 1. The molecular weight excluding hydrogens is 276 g/mol. The van der Waals surface area contributed by atoms with Crippen molar-refractivity contribution in [2.45, 2.75) is 38.8 Å². The Kier molecular flexibility index (Phi) is 5.02. The van der Waals surface area contributed by atoms with E-state index < -0.39 is 0 Å². The minimum atomic E-state index is -0.225. The number of anilines is 1. The first-order valence-corrected chi connectivity index (χ1v) is 7.34. The van der Waals surface area contributed by atoms with Gasteiger partial charge in [0.25, 0.3) is 0 Å². The standard InChI is InChI=1S/C15H21ClN2O2/c1-10-3-4-12(16)9-14(10)17-15(20)11(2)18-7-5-13(19)6-8-18/h3-4,9,11,13,19H,5-8H2,1-2H3,(H,17,20). The number of hydrogen-bond donors (Lipinski definition) is 2. The number of aliphatic hydroxyl groups excluding tert-OH is 1. The zero-order valence-corrected chi connectivity index (χ0v) is 12.7. The number of nitrogens with one attached hydrogen (secondary N) is 1. The first-order valence-electron chi connectivity index (χ1n) is 6.96. The number of aryl methyl sites for hydroxylation is 1. The van der Waals surface area contributed by atoms with E-state index in [9.17, 15) is 9.90 Å². The van der Waals surface area contributed by atoms with Crippen LogP contribution in [0.25, 0.3) is 0 Å². The molecule has 0 spiro atoms. The fourth-order valence-corrected chi connectivity index (χ4v) is 2.58. The maximum absolute atomic E-state index is 12.3. The SMILES string of the molecule is Cc1ccc(Cl)cc1NC(=O)C(C)N1CCC(O)CC1. The first kappa shape index (κ1) is 15.3. The molecule has 1 unspecified atom stereocenters. The van der Waals surface area contributed by atoms with Crippen molar-refractivity contribution in [1.82, 2.24) is 4.90 Å². The van der Waals surface area contributed by atoms with Crippen LogP contribution in [0.3, 0.4) is 0 Å². The van der Waals surface area contributed by atoms with Crippen molar-refractivity contribution >= 4 is 23.2 Å². The van der Waals surface area contributed by atoms with Gasteiger partial charge in [-0.25, -0.2) is 0 Å². The highest BCUT2D eigenvalue weighted by Crippen LogP contribution is 2.21. The Morgan fingerprint density at radius 1 is 1.45 bits per heavy atom. The molecule has 1 atom stereocenters. The number of benzene rings is 1. The van der Waals surface area contributed by atoms with E-state index in [1.165, 1.54) is 0 Å². The van der Waals surface area contributed by atoms with Gasteiger partial charge in [0.2, 0.25) is 5.91 Å². The van der Waals surface area contributed by atoms with E-state index in [1.807, 2.05) is 26.0 Å². The second-order valence-electron chi connectivity index (χ2n) is 5.39. The van der Waals surface area contributed by atoms with Gasteiger partial charge in [0.15, 0.2) is 0 Å². The lowest BCUT2D eigenvalue weighted by atomic mass is 10.1. The van der Waals surface area contributed by atoms with Crippen molar-refractivity contribution in [1.29, 1.82) is 0 Å². The van der Waals surface area contributed by atoms with Gasteiger partial charge in [0.05, 0.1) is 12.1 Å². The third-order valence-electron chi connectivity index (χ3n) is 3.88. The molecule has 1 heterocycles. The van der Waals surface area contributed by atoms with E-state index in [0.29, 0.717) is 5.02 Å². The maximum atomic E-state index is 12.3. The Labute approximate surface area is 124 Å². The van der Waals surface area contributed by atoms with Gasteiger partial charge in [-0.2, -0.15) is 0 Å². The van der Waals surface area contributed by atoms with E-state index in [2.05, 4.69) is 10.2 Å². The third kappa shape index (κ3) is 3.72. The Bertz CT molecular complexity index is 485. The Morgan fingerprint density at radius 2 is 2.10 bits per heavy atom. The highest BCUT2D eigenvalue weighted by Gasteiger charge is 2.25. The van der Waals surface area contributed by atoms with Crippen LogP contribution in [-0.4, -0.2) is 41.1 Å². The molecule has 1 fully saturated rings. The fraction of sp³-hybridized carbons (Fsp3) is 0.533. The van der Waals surface area contributed by atoms with Crippen molar-refractivity contribution in [2.75, 3.05) is 18.4 Å². The summed E-state index contributed by atoms with van der Waals surface area (Å²) in [5, 5.41) is 13.1. The predicted molar refractivity (Wildman–Crippen MR) is 81.1 cm³/mol. The lowest BCUT2D eigenvalue weighted by Crippen LogP contribution is -2.47. The van der Waals surface area contributed by atoms with Gasteiger partial charge in [-0.3, -0.25) is 9.69 Å². The Morgan fingerprint density at radius 3 is 2.75 bits per heavy atom. The van der Waals surface area contributed by atoms with Crippen LogP contribution < -0.4 is 5.32 Å². The number of nitrogens with zero attached hydrogens (tertiary/aromatic N) is 1. The van der Waals surface area contributed by atoms with Gasteiger partial charge in [-0.15, -0.1) is 0 Å². The van der Waals surface area contributed by atoms with Crippen molar-refractivity contribution < 1.29 is 9.90 Å². The van der Waals surface area contributed by atoms with Gasteiger partial charge >= 0.3 is 0 Å². The number of piperidine rings is 1. The molecule has 0 aliphatic carbocycles. The van der Waals surface area contributed by atoms with Gasteiger partial charge in [-0.05, 0) is 44.4 Å². The Hall–Kier alpha value is -1.10. The highest BCUT2D eigenvalue weighted by molar-refractivity contribution is 6.31.